The number of furan rings is 1. The number of rotatable bonds is 10. The number of nitrogens with one attached hydrogen (secondary N) is 1. The van der Waals surface area contributed by atoms with Crippen LogP contribution in [0.15, 0.2) is 22.8 Å². The zero-order valence-corrected chi connectivity index (χ0v) is 12.6. The highest BCUT2D eigenvalue weighted by atomic mass is 16.5. The minimum Gasteiger partial charge on any atom is -0.467 e. The summed E-state index contributed by atoms with van der Waals surface area (Å²) in [5.74, 6) is 1.18. The summed E-state index contributed by atoms with van der Waals surface area (Å²) in [6.45, 7) is 7.40. The molecule has 0 saturated heterocycles. The Bertz CT molecular complexity index is 349. The highest BCUT2D eigenvalue weighted by Gasteiger charge is 2.21. The van der Waals surface area contributed by atoms with Crippen LogP contribution in [0.5, 0.6) is 0 Å². The lowest BCUT2D eigenvalue weighted by Gasteiger charge is -2.26. The molecule has 0 aromatic carbocycles. The maximum Gasteiger partial charge on any atom is 0.129 e. The molecule has 0 saturated carbocycles. The van der Waals surface area contributed by atoms with Gasteiger partial charge in [-0.15, -0.1) is 0 Å². The van der Waals surface area contributed by atoms with E-state index in [-0.39, 0.29) is 6.61 Å². The second-order valence-corrected chi connectivity index (χ2v) is 5.97. The molecule has 116 valence electrons. The second kappa shape index (κ2) is 8.42. The van der Waals surface area contributed by atoms with Gasteiger partial charge in [-0.3, -0.25) is 0 Å². The standard InChI is InChI=1S/C15H27NO4/c1-12(2)7-15(3,18)11-16-8-13(17)9-19-10-14-5-4-6-20-14/h4-6,12-13,16-18H,7-11H2,1-3H3. The first-order chi connectivity index (χ1) is 9.39. The van der Waals surface area contributed by atoms with Crippen LogP contribution in [0.3, 0.4) is 0 Å². The fraction of sp³-hybridized carbons (Fsp3) is 0.733. The summed E-state index contributed by atoms with van der Waals surface area (Å²) in [7, 11) is 0. The van der Waals surface area contributed by atoms with Crippen LogP contribution in [0.4, 0.5) is 0 Å². The Kier molecular flexibility index (Phi) is 7.23. The summed E-state index contributed by atoms with van der Waals surface area (Å²) < 4.78 is 10.5. The molecule has 0 bridgehead atoms. The van der Waals surface area contributed by atoms with Gasteiger partial charge in [-0.1, -0.05) is 13.8 Å². The van der Waals surface area contributed by atoms with Crippen LogP contribution in [0.2, 0.25) is 0 Å². The van der Waals surface area contributed by atoms with Crippen molar-refractivity contribution < 1.29 is 19.4 Å². The molecule has 0 aliphatic carbocycles. The van der Waals surface area contributed by atoms with Gasteiger partial charge in [0.2, 0.25) is 0 Å². The first-order valence-corrected chi connectivity index (χ1v) is 7.10. The SMILES string of the molecule is CC(C)CC(C)(O)CNCC(O)COCc1ccco1. The van der Waals surface area contributed by atoms with Crippen LogP contribution >= 0.6 is 0 Å². The Hall–Kier alpha value is -0.880. The lowest BCUT2D eigenvalue weighted by molar-refractivity contribution is 0.0119. The molecular formula is C15H27NO4. The molecule has 3 N–H and O–H groups in total. The molecule has 0 fully saturated rings. The zero-order valence-electron chi connectivity index (χ0n) is 12.6. The van der Waals surface area contributed by atoms with E-state index in [9.17, 15) is 10.2 Å². The van der Waals surface area contributed by atoms with E-state index >= 15 is 0 Å². The predicted molar refractivity (Wildman–Crippen MR) is 77.3 cm³/mol. The number of aliphatic hydroxyl groups is 2. The molecule has 0 aliphatic rings. The van der Waals surface area contributed by atoms with Gasteiger partial charge in [0.1, 0.15) is 12.4 Å². The van der Waals surface area contributed by atoms with Crippen molar-refractivity contribution in [1.29, 1.82) is 0 Å². The van der Waals surface area contributed by atoms with E-state index in [1.165, 1.54) is 0 Å². The zero-order chi connectivity index (χ0) is 15.0. The minimum absolute atomic E-state index is 0.236. The van der Waals surface area contributed by atoms with E-state index in [1.54, 1.807) is 19.3 Å². The van der Waals surface area contributed by atoms with Gasteiger partial charge in [0, 0.05) is 13.1 Å². The molecular weight excluding hydrogens is 258 g/mol. The van der Waals surface area contributed by atoms with Gasteiger partial charge >= 0.3 is 0 Å². The van der Waals surface area contributed by atoms with E-state index in [0.717, 1.165) is 12.2 Å². The molecule has 5 nitrogen and oxygen atoms in total. The molecule has 1 aromatic rings. The molecule has 1 heterocycles. The molecule has 2 unspecified atom stereocenters. The molecule has 20 heavy (non-hydrogen) atoms. The van der Waals surface area contributed by atoms with Gasteiger partial charge in [0.05, 0.1) is 24.6 Å². The van der Waals surface area contributed by atoms with E-state index in [0.29, 0.717) is 25.6 Å². The first-order valence-electron chi connectivity index (χ1n) is 7.10. The third-order valence-electron chi connectivity index (χ3n) is 2.87. The van der Waals surface area contributed by atoms with Gasteiger partial charge < -0.3 is 24.7 Å². The van der Waals surface area contributed by atoms with Gasteiger partial charge in [-0.2, -0.15) is 0 Å². The number of hydrogen-bond acceptors (Lipinski definition) is 5. The third kappa shape index (κ3) is 7.65. The Morgan fingerprint density at radius 3 is 2.80 bits per heavy atom. The maximum atomic E-state index is 10.1. The third-order valence-corrected chi connectivity index (χ3v) is 2.87. The van der Waals surface area contributed by atoms with Crippen LogP contribution in [0, 0.1) is 5.92 Å². The normalized spacial score (nSPS) is 16.3. The second-order valence-electron chi connectivity index (χ2n) is 5.97. The van der Waals surface area contributed by atoms with Gasteiger partial charge in [0.15, 0.2) is 0 Å². The molecule has 0 aliphatic heterocycles. The van der Waals surface area contributed by atoms with Crippen molar-refractivity contribution in [2.75, 3.05) is 19.7 Å². The monoisotopic (exact) mass is 285 g/mol. The summed E-state index contributed by atoms with van der Waals surface area (Å²) in [6, 6.07) is 3.63. The van der Waals surface area contributed by atoms with E-state index in [1.807, 2.05) is 6.07 Å². The molecule has 0 radical (unpaired) electrons. The van der Waals surface area contributed by atoms with Crippen molar-refractivity contribution >= 4 is 0 Å². The van der Waals surface area contributed by atoms with Crippen LogP contribution < -0.4 is 5.32 Å². The van der Waals surface area contributed by atoms with Crippen molar-refractivity contribution in [3.05, 3.63) is 24.2 Å². The van der Waals surface area contributed by atoms with Crippen molar-refractivity contribution in [2.24, 2.45) is 5.92 Å². The summed E-state index contributed by atoms with van der Waals surface area (Å²) in [5.41, 5.74) is -0.747. The van der Waals surface area contributed by atoms with Gasteiger partial charge in [-0.25, -0.2) is 0 Å². The largest absolute Gasteiger partial charge is 0.467 e. The topological polar surface area (TPSA) is 74.9 Å². The van der Waals surface area contributed by atoms with Crippen LogP contribution in [-0.2, 0) is 11.3 Å². The smallest absolute Gasteiger partial charge is 0.129 e. The average Bonchev–Trinajstić information content (AvgIpc) is 2.79. The average molecular weight is 285 g/mol. The van der Waals surface area contributed by atoms with Crippen molar-refractivity contribution in [2.45, 2.75) is 45.5 Å². The number of hydrogen-bond donors (Lipinski definition) is 3. The van der Waals surface area contributed by atoms with Crippen LogP contribution in [0.1, 0.15) is 33.0 Å². The fourth-order valence-electron chi connectivity index (χ4n) is 2.21. The Morgan fingerprint density at radius 2 is 2.20 bits per heavy atom. The van der Waals surface area contributed by atoms with E-state index in [4.69, 9.17) is 9.15 Å². The van der Waals surface area contributed by atoms with Gasteiger partial charge in [-0.05, 0) is 31.4 Å². The molecule has 0 spiro atoms. The Balaban J connectivity index is 2.09. The predicted octanol–water partition coefficient (Wildman–Crippen LogP) is 1.54. The minimum atomic E-state index is -0.747. The highest BCUT2D eigenvalue weighted by Crippen LogP contribution is 2.14. The van der Waals surface area contributed by atoms with Crippen LogP contribution in [0.25, 0.3) is 0 Å². The molecule has 1 aromatic heterocycles. The van der Waals surface area contributed by atoms with Gasteiger partial charge in [0.25, 0.3) is 0 Å². The summed E-state index contributed by atoms with van der Waals surface area (Å²) in [5, 5.41) is 22.9. The maximum absolute atomic E-state index is 10.1. The molecule has 0 amide bonds. The molecule has 5 heteroatoms. The Morgan fingerprint density at radius 1 is 1.45 bits per heavy atom. The highest BCUT2D eigenvalue weighted by molar-refractivity contribution is 4.96. The number of ether oxygens (including phenoxy) is 1. The fourth-order valence-corrected chi connectivity index (χ4v) is 2.21. The lowest BCUT2D eigenvalue weighted by Crippen LogP contribution is -2.42. The Labute approximate surface area is 120 Å². The first kappa shape index (κ1) is 17.2. The molecule has 1 rings (SSSR count). The van der Waals surface area contributed by atoms with E-state index in [2.05, 4.69) is 19.2 Å². The molecule has 2 atom stereocenters. The van der Waals surface area contributed by atoms with Crippen LogP contribution in [-0.4, -0.2) is 41.6 Å². The van der Waals surface area contributed by atoms with Crippen molar-refractivity contribution in [3.8, 4) is 0 Å². The lowest BCUT2D eigenvalue weighted by atomic mass is 9.94. The summed E-state index contributed by atoms with van der Waals surface area (Å²) in [6.07, 6.45) is 1.72. The summed E-state index contributed by atoms with van der Waals surface area (Å²) >= 11 is 0. The quantitative estimate of drug-likeness (QED) is 0.608. The van der Waals surface area contributed by atoms with Crippen molar-refractivity contribution in [1.82, 2.24) is 5.32 Å². The van der Waals surface area contributed by atoms with E-state index < -0.39 is 11.7 Å². The summed E-state index contributed by atoms with van der Waals surface area (Å²) in [4.78, 5) is 0. The number of aliphatic hydroxyl groups excluding tert-OH is 1. The van der Waals surface area contributed by atoms with Crippen molar-refractivity contribution in [3.63, 3.8) is 0 Å².